The van der Waals surface area contributed by atoms with Gasteiger partial charge in [0.05, 0.1) is 0 Å². The Morgan fingerprint density at radius 3 is 2.67 bits per heavy atom. The number of carbonyl (C=O) groups is 1. The van der Waals surface area contributed by atoms with Crippen LogP contribution in [0.25, 0.3) is 6.08 Å². The molecule has 0 heterocycles. The van der Waals surface area contributed by atoms with Gasteiger partial charge in [-0.15, -0.1) is 0 Å². The summed E-state index contributed by atoms with van der Waals surface area (Å²) in [5, 5.41) is 0. The van der Waals surface area contributed by atoms with Gasteiger partial charge in [-0.05, 0) is 6.07 Å². The summed E-state index contributed by atoms with van der Waals surface area (Å²) in [7, 11) is 0. The summed E-state index contributed by atoms with van der Waals surface area (Å²) < 4.78 is 5.09. The highest BCUT2D eigenvalue weighted by atomic mass is 16.5. The summed E-state index contributed by atoms with van der Waals surface area (Å²) in [6.45, 7) is 7.10. The molecule has 15 heavy (non-hydrogen) atoms. The van der Waals surface area contributed by atoms with Crippen molar-refractivity contribution in [1.29, 1.82) is 0 Å². The molecular formula is C13H12O2. The Kier molecular flexibility index (Phi) is 4.10. The van der Waals surface area contributed by atoms with Crippen molar-refractivity contribution >= 4 is 12.0 Å². The number of carbonyl (C=O) groups excluding carboxylic acids is 1. The summed E-state index contributed by atoms with van der Waals surface area (Å²) in [5.41, 5.74) is 0.790. The number of allylic oxidation sites excluding steroid dienone is 2. The van der Waals surface area contributed by atoms with Crippen molar-refractivity contribution in [2.24, 2.45) is 0 Å². The summed E-state index contributed by atoms with van der Waals surface area (Å²) >= 11 is 0. The minimum Gasteiger partial charge on any atom is -0.423 e. The number of benzene rings is 1. The molecule has 0 saturated heterocycles. The van der Waals surface area contributed by atoms with Crippen LogP contribution in [0.3, 0.4) is 0 Å². The van der Waals surface area contributed by atoms with E-state index >= 15 is 0 Å². The normalized spacial score (nSPS) is 9.87. The lowest BCUT2D eigenvalue weighted by atomic mass is 10.2. The summed E-state index contributed by atoms with van der Waals surface area (Å²) in [6.07, 6.45) is 5.99. The second-order valence-corrected chi connectivity index (χ2v) is 2.76. The van der Waals surface area contributed by atoms with Crippen LogP contribution in [0.4, 0.5) is 0 Å². The van der Waals surface area contributed by atoms with Crippen molar-refractivity contribution in [2.75, 3.05) is 0 Å². The minimum absolute atomic E-state index is 0.427. The first-order valence-electron chi connectivity index (χ1n) is 4.50. The van der Waals surface area contributed by atoms with E-state index in [4.69, 9.17) is 4.74 Å². The van der Waals surface area contributed by atoms with E-state index in [-0.39, 0.29) is 0 Å². The number of esters is 1. The Labute approximate surface area is 89.2 Å². The quantitative estimate of drug-likeness (QED) is 0.323. The predicted octanol–water partition coefficient (Wildman–Crippen LogP) is 2.98. The SMILES string of the molecule is C=C/C=C/C(=O)Oc1ccccc1C=C. The van der Waals surface area contributed by atoms with Crippen LogP contribution in [-0.2, 0) is 4.79 Å². The monoisotopic (exact) mass is 200 g/mol. The highest BCUT2D eigenvalue weighted by Crippen LogP contribution is 2.18. The third kappa shape index (κ3) is 3.27. The lowest BCUT2D eigenvalue weighted by molar-refractivity contribution is -0.129. The van der Waals surface area contributed by atoms with E-state index in [1.54, 1.807) is 18.2 Å². The lowest BCUT2D eigenvalue weighted by Gasteiger charge is -2.04. The molecule has 0 aliphatic heterocycles. The fourth-order valence-corrected chi connectivity index (χ4v) is 1.03. The van der Waals surface area contributed by atoms with Gasteiger partial charge >= 0.3 is 5.97 Å². The van der Waals surface area contributed by atoms with Crippen LogP contribution in [0.1, 0.15) is 5.56 Å². The Bertz CT molecular complexity index is 403. The van der Waals surface area contributed by atoms with Crippen molar-refractivity contribution < 1.29 is 9.53 Å². The average molecular weight is 200 g/mol. The van der Waals surface area contributed by atoms with Crippen LogP contribution in [0, 0.1) is 0 Å². The average Bonchev–Trinajstić information content (AvgIpc) is 2.27. The molecule has 2 heteroatoms. The molecule has 0 unspecified atom stereocenters. The molecule has 0 amide bonds. The van der Waals surface area contributed by atoms with E-state index in [1.807, 2.05) is 12.1 Å². The molecule has 0 aromatic heterocycles. The molecule has 1 aromatic carbocycles. The summed E-state index contributed by atoms with van der Waals surface area (Å²) in [5.74, 6) is 0.0791. The number of hydrogen-bond donors (Lipinski definition) is 0. The molecule has 0 radical (unpaired) electrons. The third-order valence-corrected chi connectivity index (χ3v) is 1.72. The maximum Gasteiger partial charge on any atom is 0.336 e. The highest BCUT2D eigenvalue weighted by molar-refractivity contribution is 5.85. The van der Waals surface area contributed by atoms with E-state index < -0.39 is 5.97 Å². The van der Waals surface area contributed by atoms with Gasteiger partial charge in [-0.2, -0.15) is 0 Å². The minimum atomic E-state index is -0.427. The van der Waals surface area contributed by atoms with Gasteiger partial charge in [-0.3, -0.25) is 0 Å². The first kappa shape index (κ1) is 11.0. The molecule has 76 valence electrons. The largest absolute Gasteiger partial charge is 0.423 e. The zero-order chi connectivity index (χ0) is 11.1. The molecular weight excluding hydrogens is 188 g/mol. The molecule has 0 atom stereocenters. The van der Waals surface area contributed by atoms with Crippen LogP contribution in [0.15, 0.2) is 55.7 Å². The fourth-order valence-electron chi connectivity index (χ4n) is 1.03. The first-order chi connectivity index (χ1) is 7.27. The maximum absolute atomic E-state index is 11.2. The second-order valence-electron chi connectivity index (χ2n) is 2.76. The summed E-state index contributed by atoms with van der Waals surface area (Å²) in [6, 6.07) is 7.20. The van der Waals surface area contributed by atoms with Gasteiger partial charge in [0.25, 0.3) is 0 Å². The molecule has 0 fully saturated rings. The zero-order valence-electron chi connectivity index (χ0n) is 8.35. The molecule has 2 nitrogen and oxygen atoms in total. The molecule has 1 aromatic rings. The van der Waals surface area contributed by atoms with Crippen LogP contribution < -0.4 is 4.74 Å². The second kappa shape index (κ2) is 5.60. The zero-order valence-corrected chi connectivity index (χ0v) is 8.35. The molecule has 0 N–H and O–H groups in total. The van der Waals surface area contributed by atoms with Crippen molar-refractivity contribution in [2.45, 2.75) is 0 Å². The highest BCUT2D eigenvalue weighted by Gasteiger charge is 2.02. The van der Waals surface area contributed by atoms with Gasteiger partial charge in [-0.1, -0.05) is 49.6 Å². The van der Waals surface area contributed by atoms with Crippen molar-refractivity contribution in [3.05, 3.63) is 61.2 Å². The van der Waals surface area contributed by atoms with Crippen molar-refractivity contribution in [1.82, 2.24) is 0 Å². The van der Waals surface area contributed by atoms with Gasteiger partial charge in [0.1, 0.15) is 5.75 Å². The van der Waals surface area contributed by atoms with Crippen LogP contribution >= 0.6 is 0 Å². The fraction of sp³-hybridized carbons (Fsp3) is 0. The van der Waals surface area contributed by atoms with Gasteiger partial charge < -0.3 is 4.74 Å². The van der Waals surface area contributed by atoms with E-state index in [9.17, 15) is 4.79 Å². The van der Waals surface area contributed by atoms with Crippen molar-refractivity contribution in [3.63, 3.8) is 0 Å². The Morgan fingerprint density at radius 2 is 2.00 bits per heavy atom. The smallest absolute Gasteiger partial charge is 0.336 e. The van der Waals surface area contributed by atoms with E-state index in [0.29, 0.717) is 5.75 Å². The maximum atomic E-state index is 11.2. The Hall–Kier alpha value is -2.09. The standard InChI is InChI=1S/C13H12O2/c1-3-5-10-13(14)15-12-9-7-6-8-11(12)4-2/h3-10H,1-2H2/b10-5+. The molecule has 0 aliphatic carbocycles. The van der Waals surface area contributed by atoms with Gasteiger partial charge in [-0.25, -0.2) is 4.79 Å². The predicted molar refractivity (Wildman–Crippen MR) is 61.5 cm³/mol. The van der Waals surface area contributed by atoms with E-state index in [2.05, 4.69) is 13.2 Å². The Balaban J connectivity index is 2.80. The van der Waals surface area contributed by atoms with Crippen LogP contribution in [-0.4, -0.2) is 5.97 Å². The van der Waals surface area contributed by atoms with Gasteiger partial charge in [0, 0.05) is 11.6 Å². The van der Waals surface area contributed by atoms with E-state index in [1.165, 1.54) is 18.2 Å². The number of ether oxygens (including phenoxy) is 1. The van der Waals surface area contributed by atoms with E-state index in [0.717, 1.165) is 5.56 Å². The molecule has 1 rings (SSSR count). The van der Waals surface area contributed by atoms with Gasteiger partial charge in [0.2, 0.25) is 0 Å². The van der Waals surface area contributed by atoms with Crippen LogP contribution in [0.5, 0.6) is 5.75 Å². The van der Waals surface area contributed by atoms with Gasteiger partial charge in [0.15, 0.2) is 0 Å². The molecule has 0 aliphatic rings. The number of hydrogen-bond acceptors (Lipinski definition) is 2. The molecule has 0 spiro atoms. The summed E-state index contributed by atoms with van der Waals surface area (Å²) in [4.78, 5) is 11.2. The number of rotatable bonds is 4. The molecule has 0 saturated carbocycles. The van der Waals surface area contributed by atoms with Crippen molar-refractivity contribution in [3.8, 4) is 5.75 Å². The van der Waals surface area contributed by atoms with Crippen LogP contribution in [0.2, 0.25) is 0 Å². The topological polar surface area (TPSA) is 26.3 Å². The lowest BCUT2D eigenvalue weighted by Crippen LogP contribution is -2.04. The Morgan fingerprint density at radius 1 is 1.27 bits per heavy atom. The third-order valence-electron chi connectivity index (χ3n) is 1.72. The number of para-hydroxylation sites is 1. The molecule has 0 bridgehead atoms. The first-order valence-corrected chi connectivity index (χ1v) is 4.50.